The fraction of sp³-hybridized carbons (Fsp3) is 1.00. The van der Waals surface area contributed by atoms with Crippen molar-refractivity contribution in [3.05, 3.63) is 0 Å². The molecule has 0 radical (unpaired) electrons. The van der Waals surface area contributed by atoms with Crippen LogP contribution in [-0.4, -0.2) is 12.3 Å². The molecule has 1 nitrogen and oxygen atoms in total. The van der Waals surface area contributed by atoms with Gasteiger partial charge in [-0.15, -0.1) is 10.8 Å². The Hall–Kier alpha value is 0.660. The molecule has 0 aliphatic carbocycles. The summed E-state index contributed by atoms with van der Waals surface area (Å²) < 4.78 is 3.28. The molecule has 0 aromatic carbocycles. The second-order valence-corrected chi connectivity index (χ2v) is 3.96. The van der Waals surface area contributed by atoms with Crippen molar-refractivity contribution in [2.75, 3.05) is 12.3 Å². The molecule has 38 valence electrons. The molecule has 1 N–H and O–H groups in total. The normalized spacial score (nSPS) is 30.7. The smallest absolute Gasteiger partial charge is 0.00548 e. The lowest BCUT2D eigenvalue weighted by Gasteiger charge is -2.10. The minimum atomic E-state index is 0.968. The molecule has 1 fully saturated rings. The fourth-order valence-electron chi connectivity index (χ4n) is 0.386. The van der Waals surface area contributed by atoms with Gasteiger partial charge in [-0.1, -0.05) is 0 Å². The number of nitrogens with one attached hydrogen (secondary N) is 1. The van der Waals surface area contributed by atoms with Crippen molar-refractivity contribution in [2.24, 2.45) is 0 Å². The van der Waals surface area contributed by atoms with Crippen LogP contribution >= 0.6 is 21.8 Å². The first-order valence-corrected chi connectivity index (χ1v) is 4.81. The zero-order valence-electron chi connectivity index (χ0n) is 3.53. The van der Waals surface area contributed by atoms with E-state index in [1.165, 1.54) is 18.7 Å². The van der Waals surface area contributed by atoms with Gasteiger partial charge in [0.15, 0.2) is 0 Å². The molecule has 0 amide bonds. The molecule has 6 heavy (non-hydrogen) atoms. The van der Waals surface area contributed by atoms with E-state index in [9.17, 15) is 0 Å². The standard InChI is InChI=1S/C3H9NS2/c1-2-4-6-5-3-1/h4H,1-3,6H2. The zero-order valence-corrected chi connectivity index (χ0v) is 5.35. The minimum absolute atomic E-state index is 0.968. The Morgan fingerprint density at radius 3 is 2.83 bits per heavy atom. The van der Waals surface area contributed by atoms with Crippen molar-refractivity contribution in [1.82, 2.24) is 4.72 Å². The van der Waals surface area contributed by atoms with Crippen LogP contribution in [0, 0.1) is 0 Å². The molecule has 0 saturated carbocycles. The van der Waals surface area contributed by atoms with E-state index in [2.05, 4.69) is 4.72 Å². The number of rotatable bonds is 0. The van der Waals surface area contributed by atoms with Gasteiger partial charge in [0, 0.05) is 12.3 Å². The van der Waals surface area contributed by atoms with Crippen LogP contribution in [0.1, 0.15) is 6.42 Å². The van der Waals surface area contributed by atoms with Crippen LogP contribution in [0.25, 0.3) is 0 Å². The highest BCUT2D eigenvalue weighted by Gasteiger charge is 1.92. The Labute approximate surface area is 45.8 Å². The largest absolute Gasteiger partial charge is 0.277 e. The van der Waals surface area contributed by atoms with Crippen molar-refractivity contribution in [2.45, 2.75) is 6.42 Å². The SMILES string of the molecule is C1CN[SH2]SC1. The lowest BCUT2D eigenvalue weighted by molar-refractivity contribution is 0.885. The van der Waals surface area contributed by atoms with Crippen LogP contribution in [0.15, 0.2) is 0 Å². The maximum Gasteiger partial charge on any atom is 0.00548 e. The summed E-state index contributed by atoms with van der Waals surface area (Å²) in [5, 5.41) is 0. The van der Waals surface area contributed by atoms with Crippen molar-refractivity contribution in [3.63, 3.8) is 0 Å². The van der Waals surface area contributed by atoms with Gasteiger partial charge in [0.25, 0.3) is 0 Å². The van der Waals surface area contributed by atoms with E-state index in [1.807, 2.05) is 10.8 Å². The van der Waals surface area contributed by atoms with Crippen LogP contribution < -0.4 is 4.72 Å². The van der Waals surface area contributed by atoms with Gasteiger partial charge >= 0.3 is 0 Å². The number of hydrogen-bond donors (Lipinski definition) is 1. The van der Waals surface area contributed by atoms with Crippen molar-refractivity contribution in [3.8, 4) is 0 Å². The molecule has 1 aliphatic heterocycles. The summed E-state index contributed by atoms with van der Waals surface area (Å²) in [6, 6.07) is 0. The van der Waals surface area contributed by atoms with Gasteiger partial charge < -0.3 is 0 Å². The molecular formula is C3H9NS2. The van der Waals surface area contributed by atoms with Gasteiger partial charge in [-0.05, 0) is 6.42 Å². The van der Waals surface area contributed by atoms with E-state index in [1.54, 1.807) is 0 Å². The van der Waals surface area contributed by atoms with Gasteiger partial charge in [-0.3, -0.25) is 4.72 Å². The molecule has 1 rings (SSSR count). The van der Waals surface area contributed by atoms with E-state index in [-0.39, 0.29) is 0 Å². The van der Waals surface area contributed by atoms with Crippen LogP contribution in [-0.2, 0) is 0 Å². The van der Waals surface area contributed by atoms with Gasteiger partial charge in [0.1, 0.15) is 0 Å². The summed E-state index contributed by atoms with van der Waals surface area (Å²) in [4.78, 5) is 0. The molecule has 1 aliphatic rings. The number of hydrogen-bond acceptors (Lipinski definition) is 2. The Morgan fingerprint density at radius 2 is 2.67 bits per heavy atom. The van der Waals surface area contributed by atoms with E-state index in [4.69, 9.17) is 0 Å². The van der Waals surface area contributed by atoms with Gasteiger partial charge in [0.2, 0.25) is 0 Å². The quantitative estimate of drug-likeness (QED) is 0.477. The van der Waals surface area contributed by atoms with Crippen molar-refractivity contribution in [1.29, 1.82) is 0 Å². The monoisotopic (exact) mass is 123 g/mol. The first-order chi connectivity index (χ1) is 3.00. The zero-order chi connectivity index (χ0) is 4.24. The lowest BCUT2D eigenvalue weighted by atomic mass is 10.5. The second-order valence-electron chi connectivity index (χ2n) is 1.23. The average Bonchev–Trinajstić information content (AvgIpc) is 1.72. The van der Waals surface area contributed by atoms with Gasteiger partial charge in [0.05, 0.1) is 0 Å². The molecule has 0 bridgehead atoms. The van der Waals surface area contributed by atoms with E-state index in [0.717, 1.165) is 11.0 Å². The maximum atomic E-state index is 3.28. The highest BCUT2D eigenvalue weighted by molar-refractivity contribution is 8.76. The van der Waals surface area contributed by atoms with Crippen LogP contribution in [0.2, 0.25) is 0 Å². The Balaban J connectivity index is 2.00. The van der Waals surface area contributed by atoms with Gasteiger partial charge in [-0.2, -0.15) is 11.0 Å². The summed E-state index contributed by atoms with van der Waals surface area (Å²) in [5.41, 5.74) is 0. The summed E-state index contributed by atoms with van der Waals surface area (Å²) in [5.74, 6) is 1.37. The summed E-state index contributed by atoms with van der Waals surface area (Å²) in [6.07, 6.45) is 1.36. The minimum Gasteiger partial charge on any atom is -0.277 e. The highest BCUT2D eigenvalue weighted by Crippen LogP contribution is 2.21. The predicted octanol–water partition coefficient (Wildman–Crippen LogP) is 0.741. The summed E-state index contributed by atoms with van der Waals surface area (Å²) in [6.45, 7) is 1.24. The fourth-order valence-corrected chi connectivity index (χ4v) is 2.51. The van der Waals surface area contributed by atoms with Crippen molar-refractivity contribution >= 4 is 21.8 Å². The Kier molecular flexibility index (Phi) is 2.22. The average molecular weight is 123 g/mol. The predicted molar refractivity (Wildman–Crippen MR) is 35.5 cm³/mol. The maximum absolute atomic E-state index is 3.28. The lowest BCUT2D eigenvalue weighted by Crippen LogP contribution is -2.08. The third-order valence-corrected chi connectivity index (χ3v) is 3.20. The molecule has 0 spiro atoms. The van der Waals surface area contributed by atoms with Crippen molar-refractivity contribution < 1.29 is 0 Å². The first-order valence-electron chi connectivity index (χ1n) is 2.10. The van der Waals surface area contributed by atoms with Crippen LogP contribution in [0.3, 0.4) is 0 Å². The molecule has 0 atom stereocenters. The Bertz CT molecular complexity index is 24.3. The highest BCUT2D eigenvalue weighted by atomic mass is 33.1. The third-order valence-electron chi connectivity index (χ3n) is 0.693. The topological polar surface area (TPSA) is 12.0 Å². The second kappa shape index (κ2) is 2.77. The molecule has 0 unspecified atom stereocenters. The molecule has 0 aromatic rings. The van der Waals surface area contributed by atoms with Crippen LogP contribution in [0.4, 0.5) is 0 Å². The molecule has 1 heterocycles. The van der Waals surface area contributed by atoms with E-state index < -0.39 is 0 Å². The Morgan fingerprint density at radius 1 is 1.67 bits per heavy atom. The van der Waals surface area contributed by atoms with E-state index >= 15 is 0 Å². The van der Waals surface area contributed by atoms with E-state index in [0.29, 0.717) is 0 Å². The summed E-state index contributed by atoms with van der Waals surface area (Å²) >= 11 is 0. The van der Waals surface area contributed by atoms with Gasteiger partial charge in [-0.25, -0.2) is 0 Å². The molecule has 3 heteroatoms. The molecule has 1 saturated heterocycles. The third kappa shape index (κ3) is 1.41. The first kappa shape index (κ1) is 4.81. The van der Waals surface area contributed by atoms with Crippen LogP contribution in [0.5, 0.6) is 0 Å². The molecule has 0 aromatic heterocycles. The summed E-state index contributed by atoms with van der Waals surface area (Å²) in [7, 11) is 2.98. The molecular weight excluding hydrogens is 114 g/mol.